The minimum absolute atomic E-state index is 0.0632. The zero-order valence-corrected chi connectivity index (χ0v) is 14.6. The molecule has 1 amide bonds. The molecule has 1 unspecified atom stereocenters. The van der Waals surface area contributed by atoms with Gasteiger partial charge in [-0.2, -0.15) is 0 Å². The van der Waals surface area contributed by atoms with Gasteiger partial charge in [0.15, 0.2) is 11.5 Å². The van der Waals surface area contributed by atoms with Gasteiger partial charge in [0.1, 0.15) is 0 Å². The standard InChI is InChI=1S/C20H22N2O3/c1-13(23)21-11-17(15-8-6-10-19(24-2)20(15)25-3)16-12-22-18-9-5-4-7-14(16)18/h4-10,12,17,22H,11H2,1-3H3,(H,21,23). The number of H-pyrrole nitrogens is 1. The first-order chi connectivity index (χ1) is 12.2. The van der Waals surface area contributed by atoms with Crippen molar-refractivity contribution < 1.29 is 14.3 Å². The van der Waals surface area contributed by atoms with E-state index in [0.29, 0.717) is 18.0 Å². The van der Waals surface area contributed by atoms with E-state index in [1.807, 2.05) is 42.6 Å². The van der Waals surface area contributed by atoms with Crippen LogP contribution in [0.5, 0.6) is 11.5 Å². The van der Waals surface area contributed by atoms with Crippen LogP contribution >= 0.6 is 0 Å². The summed E-state index contributed by atoms with van der Waals surface area (Å²) < 4.78 is 11.1. The zero-order valence-electron chi connectivity index (χ0n) is 14.6. The van der Waals surface area contributed by atoms with Gasteiger partial charge in [0.05, 0.1) is 14.2 Å². The number of amides is 1. The average molecular weight is 338 g/mol. The van der Waals surface area contributed by atoms with Crippen LogP contribution in [0, 0.1) is 0 Å². The number of hydrogen-bond donors (Lipinski definition) is 2. The Morgan fingerprint density at radius 2 is 1.88 bits per heavy atom. The first-order valence-electron chi connectivity index (χ1n) is 8.17. The SMILES string of the molecule is COc1cccc(C(CNC(C)=O)c2c[nH]c3ccccc23)c1OC. The highest BCUT2D eigenvalue weighted by Crippen LogP contribution is 2.40. The molecule has 1 aromatic heterocycles. The van der Waals surface area contributed by atoms with Crippen LogP contribution in [0.4, 0.5) is 0 Å². The average Bonchev–Trinajstić information content (AvgIpc) is 3.05. The molecule has 0 fully saturated rings. The fraction of sp³-hybridized carbons (Fsp3) is 0.250. The van der Waals surface area contributed by atoms with E-state index in [4.69, 9.17) is 9.47 Å². The molecule has 0 aliphatic heterocycles. The lowest BCUT2D eigenvalue weighted by atomic mass is 9.90. The number of carbonyl (C=O) groups excluding carboxylic acids is 1. The van der Waals surface area contributed by atoms with Crippen LogP contribution in [0.15, 0.2) is 48.7 Å². The summed E-state index contributed by atoms with van der Waals surface area (Å²) in [7, 11) is 3.25. The van der Waals surface area contributed by atoms with Crippen molar-refractivity contribution in [1.82, 2.24) is 10.3 Å². The Balaban J connectivity index is 2.14. The maximum absolute atomic E-state index is 11.5. The number of aromatic nitrogens is 1. The summed E-state index contributed by atoms with van der Waals surface area (Å²) in [5.41, 5.74) is 3.14. The van der Waals surface area contributed by atoms with E-state index in [0.717, 1.165) is 22.0 Å². The molecule has 0 bridgehead atoms. The molecule has 0 saturated heterocycles. The van der Waals surface area contributed by atoms with Crippen LogP contribution in [0.3, 0.4) is 0 Å². The maximum atomic E-state index is 11.5. The molecule has 1 atom stereocenters. The second kappa shape index (κ2) is 7.30. The number of carbonyl (C=O) groups is 1. The molecule has 0 aliphatic carbocycles. The molecule has 0 saturated carbocycles. The van der Waals surface area contributed by atoms with Crippen molar-refractivity contribution in [2.75, 3.05) is 20.8 Å². The Kier molecular flexibility index (Phi) is 4.93. The number of fused-ring (bicyclic) bond motifs is 1. The fourth-order valence-corrected chi connectivity index (χ4v) is 3.20. The minimum Gasteiger partial charge on any atom is -0.493 e. The van der Waals surface area contributed by atoms with Crippen molar-refractivity contribution in [3.63, 3.8) is 0 Å². The van der Waals surface area contributed by atoms with Gasteiger partial charge in [-0.15, -0.1) is 0 Å². The molecule has 25 heavy (non-hydrogen) atoms. The van der Waals surface area contributed by atoms with Gasteiger partial charge in [0.25, 0.3) is 0 Å². The summed E-state index contributed by atoms with van der Waals surface area (Å²) in [6.45, 7) is 2.00. The summed E-state index contributed by atoms with van der Waals surface area (Å²) in [5.74, 6) is 1.23. The van der Waals surface area contributed by atoms with Crippen molar-refractivity contribution in [2.45, 2.75) is 12.8 Å². The highest BCUT2D eigenvalue weighted by atomic mass is 16.5. The number of rotatable bonds is 6. The third-order valence-corrected chi connectivity index (χ3v) is 4.36. The number of benzene rings is 2. The highest BCUT2D eigenvalue weighted by molar-refractivity contribution is 5.84. The Labute approximate surface area is 147 Å². The Hall–Kier alpha value is -2.95. The number of methoxy groups -OCH3 is 2. The van der Waals surface area contributed by atoms with Crippen LogP contribution in [0.25, 0.3) is 10.9 Å². The van der Waals surface area contributed by atoms with E-state index < -0.39 is 0 Å². The lowest BCUT2D eigenvalue weighted by Gasteiger charge is -2.21. The van der Waals surface area contributed by atoms with Crippen LogP contribution in [0.1, 0.15) is 24.0 Å². The van der Waals surface area contributed by atoms with Crippen LogP contribution < -0.4 is 14.8 Å². The topological polar surface area (TPSA) is 63.3 Å². The molecule has 3 rings (SSSR count). The van der Waals surface area contributed by atoms with Gasteiger partial charge in [-0.25, -0.2) is 0 Å². The molecule has 130 valence electrons. The lowest BCUT2D eigenvalue weighted by molar-refractivity contribution is -0.118. The fourth-order valence-electron chi connectivity index (χ4n) is 3.20. The van der Waals surface area contributed by atoms with E-state index in [9.17, 15) is 4.79 Å². The predicted octanol–water partition coefficient (Wildman–Crippen LogP) is 3.45. The molecule has 5 heteroatoms. The van der Waals surface area contributed by atoms with Crippen molar-refractivity contribution in [3.8, 4) is 11.5 Å². The molecule has 2 N–H and O–H groups in total. The largest absolute Gasteiger partial charge is 0.493 e. The van der Waals surface area contributed by atoms with Gasteiger partial charge in [0.2, 0.25) is 5.91 Å². The molecular weight excluding hydrogens is 316 g/mol. The molecule has 0 spiro atoms. The molecule has 3 aromatic rings. The summed E-state index contributed by atoms with van der Waals surface area (Å²) in [5, 5.41) is 4.06. The van der Waals surface area contributed by atoms with Crippen LogP contribution in [-0.2, 0) is 4.79 Å². The monoisotopic (exact) mass is 338 g/mol. The van der Waals surface area contributed by atoms with Crippen LogP contribution in [0.2, 0.25) is 0 Å². The molecule has 0 radical (unpaired) electrons. The van der Waals surface area contributed by atoms with E-state index >= 15 is 0 Å². The Bertz CT molecular complexity index is 886. The smallest absolute Gasteiger partial charge is 0.216 e. The quantitative estimate of drug-likeness (QED) is 0.723. The van der Waals surface area contributed by atoms with Crippen molar-refractivity contribution >= 4 is 16.8 Å². The van der Waals surface area contributed by atoms with Crippen molar-refractivity contribution in [1.29, 1.82) is 0 Å². The Morgan fingerprint density at radius 1 is 1.08 bits per heavy atom. The summed E-state index contributed by atoms with van der Waals surface area (Å²) in [6, 6.07) is 13.9. The van der Waals surface area contributed by atoms with Gasteiger partial charge in [-0.05, 0) is 17.7 Å². The van der Waals surface area contributed by atoms with Gasteiger partial charge < -0.3 is 19.8 Å². The third kappa shape index (κ3) is 3.31. The maximum Gasteiger partial charge on any atom is 0.216 e. The number of hydrogen-bond acceptors (Lipinski definition) is 3. The third-order valence-electron chi connectivity index (χ3n) is 4.36. The number of aromatic amines is 1. The normalized spacial score (nSPS) is 12.0. The zero-order chi connectivity index (χ0) is 17.8. The van der Waals surface area contributed by atoms with Gasteiger partial charge in [-0.1, -0.05) is 30.3 Å². The van der Waals surface area contributed by atoms with Gasteiger partial charge in [0, 0.05) is 42.0 Å². The lowest BCUT2D eigenvalue weighted by Crippen LogP contribution is -2.26. The van der Waals surface area contributed by atoms with Gasteiger partial charge in [-0.3, -0.25) is 4.79 Å². The molecular formula is C20H22N2O3. The van der Waals surface area contributed by atoms with E-state index in [1.54, 1.807) is 14.2 Å². The van der Waals surface area contributed by atoms with Crippen LogP contribution in [-0.4, -0.2) is 31.7 Å². The first-order valence-corrected chi connectivity index (χ1v) is 8.17. The second-order valence-electron chi connectivity index (χ2n) is 5.86. The molecule has 1 heterocycles. The predicted molar refractivity (Wildman–Crippen MR) is 98.4 cm³/mol. The summed E-state index contributed by atoms with van der Waals surface area (Å²) >= 11 is 0. The molecule has 2 aromatic carbocycles. The minimum atomic E-state index is -0.0647. The van der Waals surface area contributed by atoms with Crippen molar-refractivity contribution in [2.24, 2.45) is 0 Å². The molecule has 0 aliphatic rings. The van der Waals surface area contributed by atoms with E-state index in [2.05, 4.69) is 16.4 Å². The Morgan fingerprint density at radius 3 is 2.60 bits per heavy atom. The summed E-state index contributed by atoms with van der Waals surface area (Å²) in [4.78, 5) is 14.8. The van der Waals surface area contributed by atoms with Gasteiger partial charge >= 0.3 is 0 Å². The van der Waals surface area contributed by atoms with Crippen molar-refractivity contribution in [3.05, 3.63) is 59.8 Å². The van der Waals surface area contributed by atoms with E-state index in [-0.39, 0.29) is 11.8 Å². The second-order valence-corrected chi connectivity index (χ2v) is 5.86. The number of ether oxygens (including phenoxy) is 2. The summed E-state index contributed by atoms with van der Waals surface area (Å²) in [6.07, 6.45) is 2.00. The number of para-hydroxylation sites is 2. The molecule has 5 nitrogen and oxygen atoms in total. The highest BCUT2D eigenvalue weighted by Gasteiger charge is 2.23. The van der Waals surface area contributed by atoms with E-state index in [1.165, 1.54) is 6.92 Å². The first kappa shape index (κ1) is 16.9. The number of nitrogens with one attached hydrogen (secondary N) is 2.